The molecule has 2 aromatic heterocycles. The first-order valence-electron chi connectivity index (χ1n) is 8.39. The molecule has 0 spiro atoms. The molecule has 0 radical (unpaired) electrons. The zero-order valence-corrected chi connectivity index (χ0v) is 14.6. The molecule has 124 valence electrons. The van der Waals surface area contributed by atoms with Crippen molar-refractivity contribution in [1.29, 1.82) is 5.26 Å². The molecule has 3 rings (SSSR count). The summed E-state index contributed by atoms with van der Waals surface area (Å²) in [5.41, 5.74) is 5.01. The Balaban J connectivity index is 1.79. The Morgan fingerprint density at radius 1 is 1.04 bits per heavy atom. The van der Waals surface area contributed by atoms with Crippen LogP contribution in [0.3, 0.4) is 0 Å². The Bertz CT molecular complexity index is 755. The van der Waals surface area contributed by atoms with Gasteiger partial charge in [-0.25, -0.2) is 4.98 Å². The van der Waals surface area contributed by atoms with Crippen molar-refractivity contribution in [2.24, 2.45) is 0 Å². The van der Waals surface area contributed by atoms with Crippen molar-refractivity contribution in [2.75, 3.05) is 36.0 Å². The summed E-state index contributed by atoms with van der Waals surface area (Å²) in [5, 5.41) is 9.22. The van der Waals surface area contributed by atoms with Crippen molar-refractivity contribution < 1.29 is 0 Å². The molecule has 2 aromatic rings. The Kier molecular flexibility index (Phi) is 4.66. The van der Waals surface area contributed by atoms with Crippen LogP contribution in [0.15, 0.2) is 24.5 Å². The lowest BCUT2D eigenvalue weighted by atomic mass is 10.1. The van der Waals surface area contributed by atoms with Crippen LogP contribution in [0, 0.1) is 32.1 Å². The van der Waals surface area contributed by atoms with Crippen molar-refractivity contribution in [2.45, 2.75) is 27.2 Å². The van der Waals surface area contributed by atoms with Crippen molar-refractivity contribution >= 4 is 11.5 Å². The van der Waals surface area contributed by atoms with E-state index < -0.39 is 0 Å². The van der Waals surface area contributed by atoms with Crippen LogP contribution in [0.5, 0.6) is 0 Å². The molecule has 1 aliphatic heterocycles. The molecular formula is C19H23N5. The minimum Gasteiger partial charge on any atom is -0.369 e. The number of pyridine rings is 2. The Morgan fingerprint density at radius 3 is 2.50 bits per heavy atom. The van der Waals surface area contributed by atoms with Gasteiger partial charge in [-0.1, -0.05) is 0 Å². The van der Waals surface area contributed by atoms with Gasteiger partial charge in [-0.05, 0) is 50.5 Å². The molecule has 0 amide bonds. The summed E-state index contributed by atoms with van der Waals surface area (Å²) in [6.45, 7) is 9.93. The van der Waals surface area contributed by atoms with Gasteiger partial charge in [-0.15, -0.1) is 0 Å². The van der Waals surface area contributed by atoms with Crippen LogP contribution in [0.4, 0.5) is 11.5 Å². The summed E-state index contributed by atoms with van der Waals surface area (Å²) in [6, 6.07) is 6.38. The third-order valence-corrected chi connectivity index (χ3v) is 4.65. The van der Waals surface area contributed by atoms with E-state index in [1.807, 2.05) is 32.3 Å². The van der Waals surface area contributed by atoms with Gasteiger partial charge >= 0.3 is 0 Å². The maximum Gasteiger partial charge on any atom is 0.129 e. The molecule has 0 aliphatic carbocycles. The molecule has 0 bridgehead atoms. The first-order valence-corrected chi connectivity index (χ1v) is 8.39. The van der Waals surface area contributed by atoms with E-state index in [0.29, 0.717) is 5.56 Å². The molecule has 0 unspecified atom stereocenters. The second-order valence-corrected chi connectivity index (χ2v) is 6.36. The van der Waals surface area contributed by atoms with Gasteiger partial charge in [0.1, 0.15) is 11.9 Å². The smallest absolute Gasteiger partial charge is 0.129 e. The highest BCUT2D eigenvalue weighted by Crippen LogP contribution is 2.23. The lowest BCUT2D eigenvalue weighted by Gasteiger charge is -2.25. The first kappa shape index (κ1) is 16.3. The third kappa shape index (κ3) is 3.18. The van der Waals surface area contributed by atoms with Crippen LogP contribution in [-0.2, 0) is 0 Å². The Morgan fingerprint density at radius 2 is 1.79 bits per heavy atom. The molecule has 0 N–H and O–H groups in total. The fraction of sp³-hybridized carbons (Fsp3) is 0.421. The summed E-state index contributed by atoms with van der Waals surface area (Å²) in [7, 11) is 0. The molecule has 0 saturated carbocycles. The number of aryl methyl sites for hydroxylation is 3. The topological polar surface area (TPSA) is 56.1 Å². The number of aromatic nitrogens is 2. The van der Waals surface area contributed by atoms with Gasteiger partial charge in [0.15, 0.2) is 0 Å². The molecule has 0 aromatic carbocycles. The lowest BCUT2D eigenvalue weighted by Crippen LogP contribution is -2.31. The van der Waals surface area contributed by atoms with E-state index in [-0.39, 0.29) is 0 Å². The average Bonchev–Trinajstić information content (AvgIpc) is 2.81. The van der Waals surface area contributed by atoms with Gasteiger partial charge in [0.05, 0.1) is 11.3 Å². The molecular weight excluding hydrogens is 298 g/mol. The summed E-state index contributed by atoms with van der Waals surface area (Å²) >= 11 is 0. The zero-order valence-electron chi connectivity index (χ0n) is 14.6. The number of anilines is 2. The zero-order chi connectivity index (χ0) is 17.1. The van der Waals surface area contributed by atoms with Crippen molar-refractivity contribution in [3.63, 3.8) is 0 Å². The second-order valence-electron chi connectivity index (χ2n) is 6.36. The van der Waals surface area contributed by atoms with E-state index in [2.05, 4.69) is 38.8 Å². The molecule has 1 saturated heterocycles. The van der Waals surface area contributed by atoms with E-state index in [1.54, 1.807) is 0 Å². The maximum absolute atomic E-state index is 9.22. The molecule has 3 heterocycles. The molecule has 24 heavy (non-hydrogen) atoms. The monoisotopic (exact) mass is 321 g/mol. The second kappa shape index (κ2) is 6.88. The number of hydrogen-bond donors (Lipinski definition) is 0. The molecule has 5 nitrogen and oxygen atoms in total. The van der Waals surface area contributed by atoms with Gasteiger partial charge in [0, 0.05) is 44.3 Å². The van der Waals surface area contributed by atoms with E-state index in [1.165, 1.54) is 11.3 Å². The highest BCUT2D eigenvalue weighted by Gasteiger charge is 2.18. The largest absolute Gasteiger partial charge is 0.369 e. The minimum absolute atomic E-state index is 0.697. The molecule has 5 heteroatoms. The lowest BCUT2D eigenvalue weighted by molar-refractivity contribution is 0.794. The summed E-state index contributed by atoms with van der Waals surface area (Å²) < 4.78 is 0. The van der Waals surface area contributed by atoms with E-state index in [0.717, 1.165) is 49.7 Å². The Hall–Kier alpha value is -2.61. The standard InChI is InChI=1S/C19H23N5/c1-14-11-19(22-16(3)17(14)12-20)24-8-4-7-23(9-10-24)18-5-6-21-13-15(18)2/h5-6,11,13H,4,7-10H2,1-3H3. The number of nitrogens with zero attached hydrogens (tertiary/aromatic N) is 5. The van der Waals surface area contributed by atoms with Gasteiger partial charge in [-0.2, -0.15) is 5.26 Å². The van der Waals surface area contributed by atoms with Crippen molar-refractivity contribution in [1.82, 2.24) is 9.97 Å². The van der Waals surface area contributed by atoms with Gasteiger partial charge in [0.25, 0.3) is 0 Å². The quantitative estimate of drug-likeness (QED) is 0.851. The molecule has 1 fully saturated rings. The first-order chi connectivity index (χ1) is 11.6. The number of hydrogen-bond acceptors (Lipinski definition) is 5. The normalized spacial score (nSPS) is 15.1. The van der Waals surface area contributed by atoms with Crippen LogP contribution in [0.25, 0.3) is 0 Å². The predicted octanol–water partition coefficient (Wildman–Crippen LogP) is 2.99. The van der Waals surface area contributed by atoms with E-state index in [4.69, 9.17) is 0 Å². The predicted molar refractivity (Wildman–Crippen MR) is 96.4 cm³/mol. The van der Waals surface area contributed by atoms with Gasteiger partial charge in [0.2, 0.25) is 0 Å². The van der Waals surface area contributed by atoms with Crippen LogP contribution in [0.2, 0.25) is 0 Å². The van der Waals surface area contributed by atoms with Crippen LogP contribution in [-0.4, -0.2) is 36.1 Å². The highest BCUT2D eigenvalue weighted by atomic mass is 15.2. The van der Waals surface area contributed by atoms with Gasteiger partial charge < -0.3 is 9.80 Å². The van der Waals surface area contributed by atoms with Crippen molar-refractivity contribution in [3.05, 3.63) is 46.9 Å². The summed E-state index contributed by atoms with van der Waals surface area (Å²) in [4.78, 5) is 13.6. The van der Waals surface area contributed by atoms with E-state index in [9.17, 15) is 5.26 Å². The number of nitriles is 1. The SMILES string of the molecule is Cc1cnccc1N1CCCN(c2cc(C)c(C#N)c(C)n2)CC1. The summed E-state index contributed by atoms with van der Waals surface area (Å²) in [5.74, 6) is 0.984. The third-order valence-electron chi connectivity index (χ3n) is 4.65. The summed E-state index contributed by atoms with van der Waals surface area (Å²) in [6.07, 6.45) is 4.87. The Labute approximate surface area is 143 Å². The van der Waals surface area contributed by atoms with Crippen LogP contribution >= 0.6 is 0 Å². The molecule has 0 atom stereocenters. The fourth-order valence-electron chi connectivity index (χ4n) is 3.35. The maximum atomic E-state index is 9.22. The van der Waals surface area contributed by atoms with Gasteiger partial charge in [-0.3, -0.25) is 4.98 Å². The van der Waals surface area contributed by atoms with E-state index >= 15 is 0 Å². The number of rotatable bonds is 2. The minimum atomic E-state index is 0.697. The van der Waals surface area contributed by atoms with Crippen LogP contribution in [0.1, 0.15) is 28.8 Å². The fourth-order valence-corrected chi connectivity index (χ4v) is 3.35. The average molecular weight is 321 g/mol. The highest BCUT2D eigenvalue weighted by molar-refractivity contribution is 5.54. The molecule has 1 aliphatic rings. The van der Waals surface area contributed by atoms with Crippen LogP contribution < -0.4 is 9.80 Å². The van der Waals surface area contributed by atoms with Crippen molar-refractivity contribution in [3.8, 4) is 6.07 Å².